The van der Waals surface area contributed by atoms with Crippen LogP contribution >= 0.6 is 0 Å². The van der Waals surface area contributed by atoms with Crippen LogP contribution in [-0.2, 0) is 4.79 Å². The molecule has 0 aromatic heterocycles. The van der Waals surface area contributed by atoms with Crippen molar-refractivity contribution in [3.05, 3.63) is 0 Å². The zero-order chi connectivity index (χ0) is 7.11. The Morgan fingerprint density at radius 3 is 2.44 bits per heavy atom. The van der Waals surface area contributed by atoms with E-state index in [1.807, 2.05) is 0 Å². The molecule has 0 aliphatic heterocycles. The predicted molar refractivity (Wildman–Crippen MR) is 39.4 cm³/mol. The molecular formula is C8H16O. The van der Waals surface area contributed by atoms with Gasteiger partial charge < -0.3 is 4.79 Å². The fourth-order valence-corrected chi connectivity index (χ4v) is 0.780. The number of rotatable bonds is 5. The van der Waals surface area contributed by atoms with Gasteiger partial charge in [0.2, 0.25) is 0 Å². The number of unbranched alkanes of at least 4 members (excludes halogenated alkanes) is 2. The maximum atomic E-state index is 9.85. The highest BCUT2D eigenvalue weighted by Crippen LogP contribution is 2.06. The van der Waals surface area contributed by atoms with E-state index in [0.29, 0.717) is 0 Å². The molecule has 0 spiro atoms. The fourth-order valence-electron chi connectivity index (χ4n) is 0.780. The molecule has 0 saturated carbocycles. The van der Waals surface area contributed by atoms with Gasteiger partial charge in [0, 0.05) is 6.42 Å². The zero-order valence-electron chi connectivity index (χ0n) is 6.39. The van der Waals surface area contributed by atoms with E-state index in [9.17, 15) is 4.79 Å². The fraction of sp³-hybridized carbons (Fsp3) is 0.875. The average Bonchev–Trinajstić information content (AvgIpc) is 1.80. The first kappa shape index (κ1) is 8.67. The Hall–Kier alpha value is -0.330. The van der Waals surface area contributed by atoms with Gasteiger partial charge in [0.1, 0.15) is 6.29 Å². The molecule has 0 saturated heterocycles. The first-order chi connectivity index (χ1) is 4.27. The highest BCUT2D eigenvalue weighted by Gasteiger charge is 1.92. The second kappa shape index (κ2) is 5.80. The Kier molecular flexibility index (Phi) is 5.59. The van der Waals surface area contributed by atoms with Gasteiger partial charge in [-0.25, -0.2) is 0 Å². The van der Waals surface area contributed by atoms with Gasteiger partial charge in [0.25, 0.3) is 0 Å². The molecule has 9 heavy (non-hydrogen) atoms. The van der Waals surface area contributed by atoms with Crippen molar-refractivity contribution in [3.63, 3.8) is 0 Å². The molecular weight excluding hydrogens is 112 g/mol. The summed E-state index contributed by atoms with van der Waals surface area (Å²) < 4.78 is 0. The van der Waals surface area contributed by atoms with Crippen LogP contribution in [0.25, 0.3) is 0 Å². The molecule has 0 aliphatic carbocycles. The van der Waals surface area contributed by atoms with Crippen molar-refractivity contribution >= 4 is 6.29 Å². The lowest BCUT2D eigenvalue weighted by atomic mass is 10.1. The Bertz CT molecular complexity index is 67.0. The second-order valence-electron chi connectivity index (χ2n) is 2.84. The summed E-state index contributed by atoms with van der Waals surface area (Å²) in [6.07, 6.45) is 5.28. The summed E-state index contributed by atoms with van der Waals surface area (Å²) >= 11 is 0. The molecule has 0 radical (unpaired) electrons. The van der Waals surface area contributed by atoms with E-state index in [0.717, 1.165) is 25.0 Å². The lowest BCUT2D eigenvalue weighted by Gasteiger charge is -2.00. The summed E-state index contributed by atoms with van der Waals surface area (Å²) in [7, 11) is 0. The zero-order valence-corrected chi connectivity index (χ0v) is 6.39. The molecule has 0 aliphatic rings. The van der Waals surface area contributed by atoms with Crippen molar-refractivity contribution < 1.29 is 4.79 Å². The minimum absolute atomic E-state index is 0.743. The van der Waals surface area contributed by atoms with E-state index < -0.39 is 0 Å². The highest BCUT2D eigenvalue weighted by molar-refractivity contribution is 5.48. The summed E-state index contributed by atoms with van der Waals surface area (Å²) in [5.41, 5.74) is 0. The van der Waals surface area contributed by atoms with Crippen LogP contribution in [0, 0.1) is 5.92 Å². The van der Waals surface area contributed by atoms with Gasteiger partial charge in [-0.2, -0.15) is 0 Å². The van der Waals surface area contributed by atoms with E-state index in [-0.39, 0.29) is 0 Å². The van der Waals surface area contributed by atoms with Crippen molar-refractivity contribution in [1.82, 2.24) is 0 Å². The topological polar surface area (TPSA) is 17.1 Å². The molecule has 0 unspecified atom stereocenters. The average molecular weight is 128 g/mol. The van der Waals surface area contributed by atoms with Gasteiger partial charge in [0.15, 0.2) is 0 Å². The van der Waals surface area contributed by atoms with Gasteiger partial charge in [-0.1, -0.05) is 26.7 Å². The van der Waals surface area contributed by atoms with Crippen LogP contribution in [0.4, 0.5) is 0 Å². The summed E-state index contributed by atoms with van der Waals surface area (Å²) in [5, 5.41) is 0. The maximum Gasteiger partial charge on any atom is 0.119 e. The van der Waals surface area contributed by atoms with E-state index in [1.165, 1.54) is 12.8 Å². The molecule has 54 valence electrons. The third kappa shape index (κ3) is 7.67. The lowest BCUT2D eigenvalue weighted by Crippen LogP contribution is -1.86. The number of carbonyl (C=O) groups excluding carboxylic acids is 1. The third-order valence-corrected chi connectivity index (χ3v) is 1.35. The summed E-state index contributed by atoms with van der Waals surface area (Å²) in [6, 6.07) is 0. The third-order valence-electron chi connectivity index (χ3n) is 1.35. The van der Waals surface area contributed by atoms with Crippen LogP contribution in [0.3, 0.4) is 0 Å². The molecule has 0 rings (SSSR count). The minimum Gasteiger partial charge on any atom is -0.303 e. The van der Waals surface area contributed by atoms with Crippen LogP contribution in [0.5, 0.6) is 0 Å². The monoisotopic (exact) mass is 128 g/mol. The number of aldehydes is 1. The number of hydrogen-bond donors (Lipinski definition) is 0. The summed E-state index contributed by atoms with van der Waals surface area (Å²) in [6.45, 7) is 4.42. The smallest absolute Gasteiger partial charge is 0.119 e. The van der Waals surface area contributed by atoms with Crippen LogP contribution in [0.15, 0.2) is 0 Å². The first-order valence-corrected chi connectivity index (χ1v) is 3.71. The van der Waals surface area contributed by atoms with E-state index in [4.69, 9.17) is 0 Å². The molecule has 0 aromatic carbocycles. The molecule has 0 aromatic rings. The molecule has 1 nitrogen and oxygen atoms in total. The molecule has 0 bridgehead atoms. The first-order valence-electron chi connectivity index (χ1n) is 3.71. The van der Waals surface area contributed by atoms with Gasteiger partial charge >= 0.3 is 0 Å². The van der Waals surface area contributed by atoms with Gasteiger partial charge in [-0.3, -0.25) is 0 Å². The normalized spacial score (nSPS) is 10.1. The number of hydrogen-bond acceptors (Lipinski definition) is 1. The van der Waals surface area contributed by atoms with Crippen LogP contribution < -0.4 is 0 Å². The van der Waals surface area contributed by atoms with Gasteiger partial charge in [0.05, 0.1) is 0 Å². The Morgan fingerprint density at radius 1 is 1.33 bits per heavy atom. The van der Waals surface area contributed by atoms with Crippen molar-refractivity contribution in [3.8, 4) is 0 Å². The van der Waals surface area contributed by atoms with Crippen LogP contribution in [-0.4, -0.2) is 6.29 Å². The SMILES string of the molecule is CC(C)CCCCC=O. The molecule has 0 N–H and O–H groups in total. The van der Waals surface area contributed by atoms with Crippen molar-refractivity contribution in [2.75, 3.05) is 0 Å². The molecule has 0 amide bonds. The Labute approximate surface area is 57.5 Å². The Morgan fingerprint density at radius 2 is 2.00 bits per heavy atom. The highest BCUT2D eigenvalue weighted by atomic mass is 16.1. The molecule has 0 atom stereocenters. The van der Waals surface area contributed by atoms with E-state index in [1.54, 1.807) is 0 Å². The van der Waals surface area contributed by atoms with Gasteiger partial charge in [-0.15, -0.1) is 0 Å². The number of carbonyl (C=O) groups is 1. The van der Waals surface area contributed by atoms with Crippen LogP contribution in [0.2, 0.25) is 0 Å². The predicted octanol–water partition coefficient (Wildman–Crippen LogP) is 2.40. The molecule has 1 heteroatoms. The van der Waals surface area contributed by atoms with E-state index >= 15 is 0 Å². The van der Waals surface area contributed by atoms with Crippen LogP contribution in [0.1, 0.15) is 39.5 Å². The Balaban J connectivity index is 2.82. The molecule has 0 heterocycles. The van der Waals surface area contributed by atoms with Crippen molar-refractivity contribution in [2.45, 2.75) is 39.5 Å². The minimum atomic E-state index is 0.743. The van der Waals surface area contributed by atoms with E-state index in [2.05, 4.69) is 13.8 Å². The largest absolute Gasteiger partial charge is 0.303 e. The lowest BCUT2D eigenvalue weighted by molar-refractivity contribution is -0.107. The molecule has 0 fully saturated rings. The van der Waals surface area contributed by atoms with Gasteiger partial charge in [-0.05, 0) is 12.3 Å². The van der Waals surface area contributed by atoms with Crippen molar-refractivity contribution in [2.24, 2.45) is 5.92 Å². The summed E-state index contributed by atoms with van der Waals surface area (Å²) in [4.78, 5) is 9.85. The standard InChI is InChI=1S/C8H16O/c1-8(2)6-4-3-5-7-9/h7-8H,3-6H2,1-2H3. The second-order valence-corrected chi connectivity index (χ2v) is 2.84. The quantitative estimate of drug-likeness (QED) is 0.410. The summed E-state index contributed by atoms with van der Waals surface area (Å²) in [5.74, 6) is 0.789. The maximum absolute atomic E-state index is 9.85. The van der Waals surface area contributed by atoms with Crippen molar-refractivity contribution in [1.29, 1.82) is 0 Å².